The number of nitrogens with one attached hydrogen (secondary N) is 2. The lowest BCUT2D eigenvalue weighted by Crippen LogP contribution is -2.34. The van der Waals surface area contributed by atoms with Gasteiger partial charge < -0.3 is 15.2 Å². The van der Waals surface area contributed by atoms with Crippen LogP contribution in [0.4, 0.5) is 5.82 Å². The number of hydrogen-bond donors (Lipinski definition) is 2. The van der Waals surface area contributed by atoms with Crippen LogP contribution in [0.3, 0.4) is 0 Å². The predicted octanol–water partition coefficient (Wildman–Crippen LogP) is 1.44. The van der Waals surface area contributed by atoms with Gasteiger partial charge in [-0.05, 0) is 13.8 Å². The highest BCUT2D eigenvalue weighted by molar-refractivity contribution is 6.03. The Morgan fingerprint density at radius 1 is 1.47 bits per heavy atom. The fraction of sp³-hybridized carbons (Fsp3) is 0.400. The van der Waals surface area contributed by atoms with Crippen molar-refractivity contribution < 1.29 is 0 Å². The first kappa shape index (κ1) is 9.76. The van der Waals surface area contributed by atoms with E-state index in [0.29, 0.717) is 12.0 Å². The molecule has 0 bridgehead atoms. The van der Waals surface area contributed by atoms with Crippen LogP contribution in [0.2, 0.25) is 0 Å². The normalized spacial score (nSPS) is 17.6. The van der Waals surface area contributed by atoms with Gasteiger partial charge in [-0.15, -0.1) is 0 Å². The molecule has 5 nitrogen and oxygen atoms in total. The highest BCUT2D eigenvalue weighted by Crippen LogP contribution is 2.26. The van der Waals surface area contributed by atoms with Crippen LogP contribution in [-0.2, 0) is 0 Å². The number of aromatic nitrogens is 2. The van der Waals surface area contributed by atoms with Gasteiger partial charge in [-0.2, -0.15) is 0 Å². The van der Waals surface area contributed by atoms with E-state index in [-0.39, 0.29) is 0 Å². The van der Waals surface area contributed by atoms with Crippen LogP contribution < -0.4 is 10.6 Å². The van der Waals surface area contributed by atoms with E-state index in [0.717, 1.165) is 17.2 Å². The summed E-state index contributed by atoms with van der Waals surface area (Å²) in [5, 5.41) is 6.23. The topological polar surface area (TPSA) is 54.2 Å². The number of anilines is 1. The molecule has 0 aromatic carbocycles. The first-order valence-electron chi connectivity index (χ1n) is 4.90. The Hall–Kier alpha value is -1.78. The minimum Gasteiger partial charge on any atom is -0.325 e. The van der Waals surface area contributed by atoms with Gasteiger partial charge in [0.05, 0.1) is 12.0 Å². The van der Waals surface area contributed by atoms with Gasteiger partial charge >= 0.3 is 0 Å². The lowest BCUT2D eigenvalue weighted by atomic mass is 10.3. The Morgan fingerprint density at radius 2 is 2.20 bits per heavy atom. The molecule has 0 aliphatic carbocycles. The molecular formula is C10H15N5. The second-order valence-electron chi connectivity index (χ2n) is 3.74. The molecule has 2 N–H and O–H groups in total. The number of hydrogen-bond acceptors (Lipinski definition) is 2. The van der Waals surface area contributed by atoms with E-state index in [9.17, 15) is 0 Å². The molecule has 15 heavy (non-hydrogen) atoms. The molecule has 0 saturated carbocycles. The van der Waals surface area contributed by atoms with Gasteiger partial charge in [-0.3, -0.25) is 4.99 Å². The summed E-state index contributed by atoms with van der Waals surface area (Å²) < 4.78 is 2.06. The van der Waals surface area contributed by atoms with Gasteiger partial charge in [0.1, 0.15) is 11.5 Å². The second kappa shape index (κ2) is 3.42. The zero-order valence-corrected chi connectivity index (χ0v) is 9.20. The molecule has 1 aromatic rings. The Kier molecular flexibility index (Phi) is 2.22. The van der Waals surface area contributed by atoms with E-state index in [2.05, 4.69) is 45.6 Å². The van der Waals surface area contributed by atoms with Crippen LogP contribution in [0, 0.1) is 0 Å². The monoisotopic (exact) mass is 205 g/mol. The van der Waals surface area contributed by atoms with Gasteiger partial charge in [-0.25, -0.2) is 4.98 Å². The number of rotatable bonds is 1. The molecule has 1 aromatic heterocycles. The highest BCUT2D eigenvalue weighted by Gasteiger charge is 2.21. The van der Waals surface area contributed by atoms with Crippen LogP contribution >= 0.6 is 0 Å². The zero-order chi connectivity index (χ0) is 11.0. The average molecular weight is 205 g/mol. The molecule has 0 radical (unpaired) electrons. The molecule has 2 heterocycles. The Balaban J connectivity index is 2.49. The van der Waals surface area contributed by atoms with E-state index in [1.165, 1.54) is 0 Å². The van der Waals surface area contributed by atoms with Crippen molar-refractivity contribution in [3.8, 4) is 0 Å². The van der Waals surface area contributed by atoms with Crippen molar-refractivity contribution in [1.82, 2.24) is 14.9 Å². The average Bonchev–Trinajstić information content (AvgIpc) is 2.61. The summed E-state index contributed by atoms with van der Waals surface area (Å²) in [6.45, 7) is 8.14. The quantitative estimate of drug-likeness (QED) is 0.729. The number of guanidine groups is 1. The van der Waals surface area contributed by atoms with Crippen molar-refractivity contribution in [2.45, 2.75) is 19.9 Å². The number of aliphatic imine (C=N–C) groups is 1. The van der Waals surface area contributed by atoms with E-state index >= 15 is 0 Å². The summed E-state index contributed by atoms with van der Waals surface area (Å²) in [5.41, 5.74) is 1.64. The fourth-order valence-electron chi connectivity index (χ4n) is 1.55. The van der Waals surface area contributed by atoms with Crippen LogP contribution in [0.25, 0.3) is 5.70 Å². The van der Waals surface area contributed by atoms with E-state index < -0.39 is 0 Å². The fourth-order valence-corrected chi connectivity index (χ4v) is 1.55. The standard InChI is InChI=1S/C10H15N5/c1-6(2)15-5-12-8-7(3)13-10(11-4)14-9(8)15/h5-6H,3H2,1-2,4H3,(H2,11,13,14). The van der Waals surface area contributed by atoms with Crippen molar-refractivity contribution in [3.05, 3.63) is 18.6 Å². The van der Waals surface area contributed by atoms with Gasteiger partial charge in [0.25, 0.3) is 0 Å². The minimum atomic E-state index is 0.359. The van der Waals surface area contributed by atoms with Crippen LogP contribution in [-0.4, -0.2) is 22.6 Å². The summed E-state index contributed by atoms with van der Waals surface area (Å²) in [5.74, 6) is 1.66. The Morgan fingerprint density at radius 3 is 2.80 bits per heavy atom. The summed E-state index contributed by atoms with van der Waals surface area (Å²) in [6, 6.07) is 0.359. The second-order valence-corrected chi connectivity index (χ2v) is 3.74. The summed E-state index contributed by atoms with van der Waals surface area (Å²) in [7, 11) is 1.73. The molecule has 1 aliphatic heterocycles. The summed E-state index contributed by atoms with van der Waals surface area (Å²) in [4.78, 5) is 8.38. The van der Waals surface area contributed by atoms with Crippen LogP contribution in [0.1, 0.15) is 25.6 Å². The lowest BCUT2D eigenvalue weighted by molar-refractivity contribution is 0.606. The van der Waals surface area contributed by atoms with Gasteiger partial charge in [0, 0.05) is 13.1 Å². The molecule has 0 amide bonds. The van der Waals surface area contributed by atoms with Crippen molar-refractivity contribution >= 4 is 17.5 Å². The van der Waals surface area contributed by atoms with Crippen LogP contribution in [0.15, 0.2) is 17.9 Å². The third-order valence-electron chi connectivity index (χ3n) is 2.37. The SMILES string of the molecule is C=C1N/C(=N\C)Nc2c1ncn2C(C)C. The molecule has 0 fully saturated rings. The molecule has 2 rings (SSSR count). The van der Waals surface area contributed by atoms with Crippen molar-refractivity contribution in [2.24, 2.45) is 4.99 Å². The molecule has 80 valence electrons. The van der Waals surface area contributed by atoms with Gasteiger partial charge in [0.2, 0.25) is 5.96 Å². The Bertz CT molecular complexity index is 427. The minimum absolute atomic E-state index is 0.359. The zero-order valence-electron chi connectivity index (χ0n) is 9.20. The highest BCUT2D eigenvalue weighted by atomic mass is 15.3. The third-order valence-corrected chi connectivity index (χ3v) is 2.37. The molecule has 1 aliphatic rings. The maximum atomic E-state index is 4.31. The molecule has 5 heteroatoms. The number of fused-ring (bicyclic) bond motifs is 1. The predicted molar refractivity (Wildman–Crippen MR) is 61.8 cm³/mol. The smallest absolute Gasteiger partial charge is 0.201 e. The van der Waals surface area contributed by atoms with Crippen molar-refractivity contribution in [1.29, 1.82) is 0 Å². The van der Waals surface area contributed by atoms with E-state index in [4.69, 9.17) is 0 Å². The maximum absolute atomic E-state index is 4.31. The van der Waals surface area contributed by atoms with Gasteiger partial charge in [-0.1, -0.05) is 6.58 Å². The van der Waals surface area contributed by atoms with Crippen LogP contribution in [0.5, 0.6) is 0 Å². The maximum Gasteiger partial charge on any atom is 0.201 e. The molecular weight excluding hydrogens is 190 g/mol. The third kappa shape index (κ3) is 1.49. The molecule has 0 saturated heterocycles. The lowest BCUT2D eigenvalue weighted by Gasteiger charge is -2.22. The summed E-state index contributed by atoms with van der Waals surface area (Å²) >= 11 is 0. The summed E-state index contributed by atoms with van der Waals surface area (Å²) in [6.07, 6.45) is 1.81. The van der Waals surface area contributed by atoms with Gasteiger partial charge in [0.15, 0.2) is 0 Å². The van der Waals surface area contributed by atoms with Crippen molar-refractivity contribution in [3.63, 3.8) is 0 Å². The number of imidazole rings is 1. The molecule has 0 unspecified atom stereocenters. The number of nitrogens with zero attached hydrogens (tertiary/aromatic N) is 3. The molecule has 0 spiro atoms. The van der Waals surface area contributed by atoms with E-state index in [1.54, 1.807) is 7.05 Å². The first-order chi connectivity index (χ1) is 7.13. The molecule has 0 atom stereocenters. The van der Waals surface area contributed by atoms with E-state index in [1.807, 2.05) is 6.33 Å². The first-order valence-corrected chi connectivity index (χ1v) is 4.90. The Labute approximate surface area is 88.9 Å². The van der Waals surface area contributed by atoms with Crippen molar-refractivity contribution in [2.75, 3.05) is 12.4 Å². The largest absolute Gasteiger partial charge is 0.325 e.